The molecule has 0 unspecified atom stereocenters. The Balaban J connectivity index is 1.87. The molecule has 0 spiro atoms. The second kappa shape index (κ2) is 7.03. The molecule has 0 radical (unpaired) electrons. The van der Waals surface area contributed by atoms with Crippen LogP contribution in [0.2, 0.25) is 0 Å². The van der Waals surface area contributed by atoms with Gasteiger partial charge in [0.25, 0.3) is 0 Å². The Morgan fingerprint density at radius 1 is 1.39 bits per heavy atom. The third-order valence-electron chi connectivity index (χ3n) is 2.62. The van der Waals surface area contributed by atoms with Gasteiger partial charge < -0.3 is 9.47 Å². The van der Waals surface area contributed by atoms with Gasteiger partial charge in [0.05, 0.1) is 19.4 Å². The van der Waals surface area contributed by atoms with Crippen molar-refractivity contribution in [2.75, 3.05) is 13.7 Å². The molecule has 2 aromatic rings. The molecule has 0 saturated heterocycles. The van der Waals surface area contributed by atoms with E-state index < -0.39 is 17.8 Å². The summed E-state index contributed by atoms with van der Waals surface area (Å²) in [5, 5.41) is 7.50. The summed E-state index contributed by atoms with van der Waals surface area (Å²) in [5.41, 5.74) is -0.576. The standard InChI is InChI=1S/C12H12F3N5O3/c1-22-10(21)7-20-6-8(18-19-20)3-5-23-11-16-4-2-9(17-11)12(13,14)15/h2,4,6H,3,5,7H2,1H3. The average molecular weight is 331 g/mol. The van der Waals surface area contributed by atoms with Crippen LogP contribution in [-0.2, 0) is 28.7 Å². The summed E-state index contributed by atoms with van der Waals surface area (Å²) in [6.07, 6.45) is -1.82. The zero-order valence-electron chi connectivity index (χ0n) is 11.9. The van der Waals surface area contributed by atoms with Crippen LogP contribution in [0.3, 0.4) is 0 Å². The number of aromatic nitrogens is 5. The van der Waals surface area contributed by atoms with Gasteiger partial charge in [0.15, 0.2) is 5.69 Å². The molecule has 0 saturated carbocycles. The number of esters is 1. The second-order valence-corrected chi connectivity index (χ2v) is 4.30. The number of halogens is 3. The van der Waals surface area contributed by atoms with Gasteiger partial charge in [0, 0.05) is 18.8 Å². The van der Waals surface area contributed by atoms with E-state index in [0.717, 1.165) is 12.3 Å². The summed E-state index contributed by atoms with van der Waals surface area (Å²) in [4.78, 5) is 17.9. The third-order valence-corrected chi connectivity index (χ3v) is 2.62. The number of ether oxygens (including phenoxy) is 2. The number of nitrogens with zero attached hydrogens (tertiary/aromatic N) is 5. The molecule has 124 valence electrons. The van der Waals surface area contributed by atoms with Crippen molar-refractivity contribution < 1.29 is 27.4 Å². The van der Waals surface area contributed by atoms with Gasteiger partial charge in [-0.2, -0.15) is 18.2 Å². The first kappa shape index (κ1) is 16.6. The van der Waals surface area contributed by atoms with E-state index in [4.69, 9.17) is 4.74 Å². The molecule has 0 fully saturated rings. The van der Waals surface area contributed by atoms with Gasteiger partial charge >= 0.3 is 18.2 Å². The van der Waals surface area contributed by atoms with Crippen LogP contribution in [0, 0.1) is 0 Å². The van der Waals surface area contributed by atoms with Crippen LogP contribution in [0.15, 0.2) is 18.5 Å². The van der Waals surface area contributed by atoms with Gasteiger partial charge in [-0.3, -0.25) is 4.79 Å². The second-order valence-electron chi connectivity index (χ2n) is 4.30. The van der Waals surface area contributed by atoms with Crippen molar-refractivity contribution in [1.29, 1.82) is 0 Å². The van der Waals surface area contributed by atoms with Crippen LogP contribution in [0.1, 0.15) is 11.4 Å². The minimum Gasteiger partial charge on any atom is -0.468 e. The Hall–Kier alpha value is -2.72. The number of hydrogen-bond acceptors (Lipinski definition) is 7. The number of hydrogen-bond donors (Lipinski definition) is 0. The molecule has 2 heterocycles. The molecule has 0 N–H and O–H groups in total. The molecule has 2 aromatic heterocycles. The van der Waals surface area contributed by atoms with Crippen LogP contribution < -0.4 is 4.74 Å². The third kappa shape index (κ3) is 4.90. The topological polar surface area (TPSA) is 92.0 Å². The summed E-state index contributed by atoms with van der Waals surface area (Å²) in [6, 6.07) is 0.382. The Morgan fingerprint density at radius 2 is 2.17 bits per heavy atom. The maximum Gasteiger partial charge on any atom is 0.433 e. The minimum atomic E-state index is -4.56. The fourth-order valence-electron chi connectivity index (χ4n) is 1.54. The van der Waals surface area contributed by atoms with Crippen molar-refractivity contribution >= 4 is 5.97 Å². The highest BCUT2D eigenvalue weighted by molar-refractivity contribution is 5.68. The lowest BCUT2D eigenvalue weighted by Gasteiger charge is -2.07. The van der Waals surface area contributed by atoms with E-state index in [-0.39, 0.29) is 25.6 Å². The molecule has 0 aromatic carbocycles. The first-order valence-corrected chi connectivity index (χ1v) is 6.37. The predicted molar refractivity (Wildman–Crippen MR) is 68.3 cm³/mol. The van der Waals surface area contributed by atoms with Crippen molar-refractivity contribution in [2.45, 2.75) is 19.1 Å². The number of alkyl halides is 3. The molecule has 23 heavy (non-hydrogen) atoms. The summed E-state index contributed by atoms with van der Waals surface area (Å²) < 4.78 is 48.3. The SMILES string of the molecule is COC(=O)Cn1cc(CCOc2nccc(C(F)(F)F)n2)nn1. The van der Waals surface area contributed by atoms with Crippen molar-refractivity contribution in [1.82, 2.24) is 25.0 Å². The fourth-order valence-corrected chi connectivity index (χ4v) is 1.54. The van der Waals surface area contributed by atoms with Crippen molar-refractivity contribution in [3.05, 3.63) is 29.8 Å². The zero-order valence-corrected chi connectivity index (χ0v) is 11.9. The maximum absolute atomic E-state index is 12.5. The Morgan fingerprint density at radius 3 is 2.87 bits per heavy atom. The minimum absolute atomic E-state index is 0.0121. The van der Waals surface area contributed by atoms with Crippen LogP contribution in [0.5, 0.6) is 6.01 Å². The smallest absolute Gasteiger partial charge is 0.433 e. The van der Waals surface area contributed by atoms with E-state index >= 15 is 0 Å². The molecule has 8 nitrogen and oxygen atoms in total. The van der Waals surface area contributed by atoms with E-state index in [9.17, 15) is 18.0 Å². The van der Waals surface area contributed by atoms with Gasteiger partial charge in [-0.05, 0) is 6.07 Å². The van der Waals surface area contributed by atoms with E-state index in [1.807, 2.05) is 0 Å². The Labute approximate surface area is 128 Å². The van der Waals surface area contributed by atoms with Crippen LogP contribution in [0.4, 0.5) is 13.2 Å². The van der Waals surface area contributed by atoms with E-state index in [0.29, 0.717) is 5.69 Å². The number of carbonyl (C=O) groups is 1. The highest BCUT2D eigenvalue weighted by Crippen LogP contribution is 2.27. The highest BCUT2D eigenvalue weighted by Gasteiger charge is 2.33. The average Bonchev–Trinajstić information content (AvgIpc) is 2.94. The normalized spacial score (nSPS) is 11.3. The molecular weight excluding hydrogens is 319 g/mol. The van der Waals surface area contributed by atoms with Gasteiger partial charge in [0.1, 0.15) is 6.54 Å². The van der Waals surface area contributed by atoms with Gasteiger partial charge in [0.2, 0.25) is 0 Å². The van der Waals surface area contributed by atoms with Crippen molar-refractivity contribution in [3.63, 3.8) is 0 Å². The zero-order chi connectivity index (χ0) is 16.9. The van der Waals surface area contributed by atoms with Crippen molar-refractivity contribution in [2.24, 2.45) is 0 Å². The van der Waals surface area contributed by atoms with Gasteiger partial charge in [-0.25, -0.2) is 9.67 Å². The summed E-state index contributed by atoms with van der Waals surface area (Å²) in [5.74, 6) is -0.477. The largest absolute Gasteiger partial charge is 0.468 e. The van der Waals surface area contributed by atoms with Crippen LogP contribution in [0.25, 0.3) is 0 Å². The lowest BCUT2D eigenvalue weighted by atomic mass is 10.3. The van der Waals surface area contributed by atoms with Crippen LogP contribution in [-0.4, -0.2) is 44.6 Å². The number of methoxy groups -OCH3 is 1. The quantitative estimate of drug-likeness (QED) is 0.726. The number of rotatable bonds is 6. The molecule has 2 rings (SSSR count). The Bertz CT molecular complexity index is 674. The molecule has 0 atom stereocenters. The molecule has 0 aliphatic carbocycles. The molecule has 0 bridgehead atoms. The van der Waals surface area contributed by atoms with Gasteiger partial charge in [-0.1, -0.05) is 5.21 Å². The van der Waals surface area contributed by atoms with E-state index in [1.165, 1.54) is 18.0 Å². The number of carbonyl (C=O) groups excluding carboxylic acids is 1. The summed E-state index contributed by atoms with van der Waals surface area (Å²) in [7, 11) is 1.25. The van der Waals surface area contributed by atoms with E-state index in [2.05, 4.69) is 25.0 Å². The van der Waals surface area contributed by atoms with Crippen LogP contribution >= 0.6 is 0 Å². The maximum atomic E-state index is 12.5. The molecule has 0 aliphatic rings. The van der Waals surface area contributed by atoms with Crippen molar-refractivity contribution in [3.8, 4) is 6.01 Å². The molecule has 0 aliphatic heterocycles. The lowest BCUT2D eigenvalue weighted by Crippen LogP contribution is -2.12. The lowest BCUT2D eigenvalue weighted by molar-refractivity contribution is -0.142. The fraction of sp³-hybridized carbons (Fsp3) is 0.417. The molecule has 11 heteroatoms. The first-order chi connectivity index (χ1) is 10.9. The molecular formula is C12H12F3N5O3. The van der Waals surface area contributed by atoms with Gasteiger partial charge in [-0.15, -0.1) is 5.10 Å². The molecule has 0 amide bonds. The van der Waals surface area contributed by atoms with E-state index in [1.54, 1.807) is 0 Å². The monoisotopic (exact) mass is 331 g/mol. The predicted octanol–water partition coefficient (Wildman–Crippen LogP) is 0.881. The summed E-state index contributed by atoms with van der Waals surface area (Å²) >= 11 is 0. The summed E-state index contributed by atoms with van der Waals surface area (Å²) in [6.45, 7) is -0.0701. The Kier molecular flexibility index (Phi) is 5.09. The first-order valence-electron chi connectivity index (χ1n) is 6.37. The highest BCUT2D eigenvalue weighted by atomic mass is 19.4.